The van der Waals surface area contributed by atoms with Gasteiger partial charge in [-0.1, -0.05) is 15.9 Å². The van der Waals surface area contributed by atoms with Crippen LogP contribution in [0.3, 0.4) is 0 Å². The second-order valence-electron chi connectivity index (χ2n) is 3.51. The summed E-state index contributed by atoms with van der Waals surface area (Å²) in [6.45, 7) is -2.64. The van der Waals surface area contributed by atoms with Crippen LogP contribution >= 0.6 is 15.9 Å². The fourth-order valence-electron chi connectivity index (χ4n) is 1.47. The normalized spacial score (nSPS) is 10.9. The van der Waals surface area contributed by atoms with E-state index in [4.69, 9.17) is 0 Å². The lowest BCUT2D eigenvalue weighted by Gasteiger charge is -2.09. The molecule has 0 aliphatic heterocycles. The van der Waals surface area contributed by atoms with Crippen LogP contribution in [0.15, 0.2) is 35.1 Å². The molecule has 2 rings (SSSR count). The van der Waals surface area contributed by atoms with Crippen LogP contribution < -0.4 is 5.32 Å². The summed E-state index contributed by atoms with van der Waals surface area (Å²) in [4.78, 5) is 3.79. The molecule has 0 atom stereocenters. The molecule has 0 saturated carbocycles. The lowest BCUT2D eigenvalue weighted by atomic mass is 10.3. The molecule has 96 valence electrons. The number of hydrogen-bond donors (Lipinski definition) is 1. The minimum absolute atomic E-state index is 0.0186. The highest BCUT2D eigenvalue weighted by Gasteiger charge is 2.11. The van der Waals surface area contributed by atoms with Crippen molar-refractivity contribution < 1.29 is 13.2 Å². The van der Waals surface area contributed by atoms with Crippen molar-refractivity contribution in [3.05, 3.63) is 46.7 Å². The first kappa shape index (κ1) is 12.9. The van der Waals surface area contributed by atoms with Gasteiger partial charge < -0.3 is 5.32 Å². The molecule has 0 saturated heterocycles. The van der Waals surface area contributed by atoms with Crippen molar-refractivity contribution in [1.82, 2.24) is 9.55 Å². The number of imidazole rings is 1. The second kappa shape index (κ2) is 5.43. The highest BCUT2D eigenvalue weighted by molar-refractivity contribution is 9.10. The zero-order chi connectivity index (χ0) is 13.1. The molecule has 3 nitrogen and oxygen atoms in total. The van der Waals surface area contributed by atoms with Gasteiger partial charge in [-0.2, -0.15) is 8.78 Å². The van der Waals surface area contributed by atoms with Crippen LogP contribution in [-0.4, -0.2) is 9.55 Å². The summed E-state index contributed by atoms with van der Waals surface area (Å²) >= 11 is 3.21. The molecular weight excluding hydrogens is 311 g/mol. The van der Waals surface area contributed by atoms with Crippen molar-refractivity contribution in [2.24, 2.45) is 0 Å². The Labute approximate surface area is 110 Å². The number of nitrogens with one attached hydrogen (secondary N) is 1. The lowest BCUT2D eigenvalue weighted by molar-refractivity contribution is 0.0673. The van der Waals surface area contributed by atoms with Crippen LogP contribution in [0.1, 0.15) is 12.4 Å². The van der Waals surface area contributed by atoms with Gasteiger partial charge in [-0.05, 0) is 18.2 Å². The first-order chi connectivity index (χ1) is 8.58. The molecule has 0 bridgehead atoms. The van der Waals surface area contributed by atoms with E-state index in [1.807, 2.05) is 0 Å². The van der Waals surface area contributed by atoms with Gasteiger partial charge in [0, 0.05) is 16.9 Å². The van der Waals surface area contributed by atoms with Gasteiger partial charge >= 0.3 is 6.55 Å². The number of hydrogen-bond acceptors (Lipinski definition) is 2. The van der Waals surface area contributed by atoms with E-state index in [1.54, 1.807) is 6.07 Å². The molecule has 0 fully saturated rings. The predicted octanol–water partition coefficient (Wildman–Crippen LogP) is 3.79. The Morgan fingerprint density at radius 3 is 2.89 bits per heavy atom. The minimum Gasteiger partial charge on any atom is -0.375 e. The van der Waals surface area contributed by atoms with Crippen LogP contribution in [0.25, 0.3) is 0 Å². The summed E-state index contributed by atoms with van der Waals surface area (Å²) in [5.41, 5.74) is 0.230. The molecule has 1 N–H and O–H groups in total. The summed E-state index contributed by atoms with van der Waals surface area (Å²) in [6, 6.07) is 4.37. The Morgan fingerprint density at radius 2 is 2.17 bits per heavy atom. The number of anilines is 1. The smallest absolute Gasteiger partial charge is 0.319 e. The number of alkyl halides is 2. The maximum Gasteiger partial charge on any atom is 0.319 e. The van der Waals surface area contributed by atoms with Crippen LogP contribution in [0.2, 0.25) is 0 Å². The number of halogens is 4. The van der Waals surface area contributed by atoms with Crippen LogP contribution in [0, 0.1) is 5.82 Å². The monoisotopic (exact) mass is 319 g/mol. The molecule has 7 heteroatoms. The molecule has 1 aromatic carbocycles. The number of benzene rings is 1. The molecule has 2 aromatic rings. The highest BCUT2D eigenvalue weighted by atomic mass is 79.9. The third-order valence-corrected chi connectivity index (χ3v) is 2.82. The summed E-state index contributed by atoms with van der Waals surface area (Å²) < 4.78 is 39.9. The fraction of sp³-hybridized carbons (Fsp3) is 0.182. The predicted molar refractivity (Wildman–Crippen MR) is 64.9 cm³/mol. The number of rotatable bonds is 4. The van der Waals surface area contributed by atoms with Crippen LogP contribution in [0.4, 0.5) is 18.9 Å². The molecule has 1 aromatic heterocycles. The van der Waals surface area contributed by atoms with Gasteiger partial charge in [-0.25, -0.2) is 9.37 Å². The standard InChI is InChI=1S/C11H9BrF3N3/c12-7-1-2-8(13)9(5-7)17-6-10-16-3-4-18(10)11(14)15/h1-5,11,17H,6H2. The highest BCUT2D eigenvalue weighted by Crippen LogP contribution is 2.21. The Balaban J connectivity index is 2.11. The Bertz CT molecular complexity index is 542. The van der Waals surface area contributed by atoms with Crippen molar-refractivity contribution in [1.29, 1.82) is 0 Å². The summed E-state index contributed by atoms with van der Waals surface area (Å²) in [5.74, 6) is -0.308. The molecule has 0 aliphatic carbocycles. The average Bonchev–Trinajstić information content (AvgIpc) is 2.79. The van der Waals surface area contributed by atoms with Crippen molar-refractivity contribution >= 4 is 21.6 Å². The zero-order valence-corrected chi connectivity index (χ0v) is 10.7. The number of nitrogens with zero attached hydrogens (tertiary/aromatic N) is 2. The molecule has 1 heterocycles. The molecule has 0 aliphatic rings. The Hall–Kier alpha value is -1.50. The van der Waals surface area contributed by atoms with E-state index in [2.05, 4.69) is 26.2 Å². The number of aromatic nitrogens is 2. The van der Waals surface area contributed by atoms with E-state index in [1.165, 1.54) is 24.5 Å². The zero-order valence-electron chi connectivity index (χ0n) is 9.08. The van der Waals surface area contributed by atoms with Crippen molar-refractivity contribution in [3.8, 4) is 0 Å². The van der Waals surface area contributed by atoms with Crippen molar-refractivity contribution in [2.75, 3.05) is 5.32 Å². The molecular formula is C11H9BrF3N3. The van der Waals surface area contributed by atoms with E-state index >= 15 is 0 Å². The average molecular weight is 320 g/mol. The molecule has 0 amide bonds. The molecule has 18 heavy (non-hydrogen) atoms. The fourth-order valence-corrected chi connectivity index (χ4v) is 1.83. The van der Waals surface area contributed by atoms with Gasteiger partial charge in [0.05, 0.1) is 12.2 Å². The third-order valence-electron chi connectivity index (χ3n) is 2.32. The first-order valence-corrected chi connectivity index (χ1v) is 5.86. The van der Waals surface area contributed by atoms with Gasteiger partial charge in [0.2, 0.25) is 0 Å². The van der Waals surface area contributed by atoms with Crippen molar-refractivity contribution in [3.63, 3.8) is 0 Å². The SMILES string of the molecule is Fc1ccc(Br)cc1NCc1nccn1C(F)F. The van der Waals surface area contributed by atoms with E-state index in [-0.39, 0.29) is 18.1 Å². The van der Waals surface area contributed by atoms with E-state index in [0.717, 1.165) is 4.57 Å². The topological polar surface area (TPSA) is 29.9 Å². The van der Waals surface area contributed by atoms with Crippen LogP contribution in [0.5, 0.6) is 0 Å². The molecule has 0 unspecified atom stereocenters. The van der Waals surface area contributed by atoms with Gasteiger partial charge in [0.15, 0.2) is 0 Å². The lowest BCUT2D eigenvalue weighted by Crippen LogP contribution is -2.09. The summed E-state index contributed by atoms with van der Waals surface area (Å²) in [6.07, 6.45) is 2.46. The Morgan fingerprint density at radius 1 is 1.39 bits per heavy atom. The van der Waals surface area contributed by atoms with Crippen molar-refractivity contribution in [2.45, 2.75) is 13.1 Å². The van der Waals surface area contributed by atoms with E-state index < -0.39 is 12.4 Å². The quantitative estimate of drug-likeness (QED) is 0.929. The summed E-state index contributed by atoms with van der Waals surface area (Å²) in [5, 5.41) is 2.73. The second-order valence-corrected chi connectivity index (χ2v) is 4.42. The van der Waals surface area contributed by atoms with Crippen LogP contribution in [-0.2, 0) is 6.54 Å². The third kappa shape index (κ3) is 2.84. The van der Waals surface area contributed by atoms with Gasteiger partial charge in [0.25, 0.3) is 0 Å². The summed E-state index contributed by atoms with van der Waals surface area (Å²) in [7, 11) is 0. The molecule has 0 radical (unpaired) electrons. The minimum atomic E-state index is -2.66. The van der Waals surface area contributed by atoms with Gasteiger partial charge in [0.1, 0.15) is 11.6 Å². The Kier molecular flexibility index (Phi) is 3.90. The van der Waals surface area contributed by atoms with Gasteiger partial charge in [-0.15, -0.1) is 0 Å². The van der Waals surface area contributed by atoms with Gasteiger partial charge in [-0.3, -0.25) is 4.57 Å². The maximum absolute atomic E-state index is 13.4. The first-order valence-electron chi connectivity index (χ1n) is 5.06. The van der Waals surface area contributed by atoms with E-state index in [9.17, 15) is 13.2 Å². The van der Waals surface area contributed by atoms with E-state index in [0.29, 0.717) is 4.47 Å². The molecule has 0 spiro atoms. The largest absolute Gasteiger partial charge is 0.375 e. The maximum atomic E-state index is 13.4.